The average molecular weight is 394 g/mol. The van der Waals surface area contributed by atoms with Crippen molar-refractivity contribution in [1.29, 1.82) is 0 Å². The van der Waals surface area contributed by atoms with Gasteiger partial charge in [0.25, 0.3) is 0 Å². The molecule has 0 spiro atoms. The van der Waals surface area contributed by atoms with Crippen LogP contribution in [0.3, 0.4) is 0 Å². The highest BCUT2D eigenvalue weighted by atomic mass is 79.9. The van der Waals surface area contributed by atoms with Gasteiger partial charge in [0, 0.05) is 14.3 Å². The third-order valence-electron chi connectivity index (χ3n) is 2.29. The monoisotopic (exact) mass is 391 g/mol. The fourth-order valence-electron chi connectivity index (χ4n) is 1.55. The maximum Gasteiger partial charge on any atom is 0.0747 e. The van der Waals surface area contributed by atoms with E-state index in [9.17, 15) is 0 Å². The Bertz CT molecular complexity index is 549. The Balaban J connectivity index is 2.98. The fourth-order valence-corrected chi connectivity index (χ4v) is 3.01. The zero-order valence-electron chi connectivity index (χ0n) is 8.24. The standard InChI is InChI=1S/C11H8Br3N/c1-5-3-7(12)4-8-10(14)9(13)6(2)15-11(5)8/h3-4H,1-2H3. The van der Waals surface area contributed by atoms with Gasteiger partial charge >= 0.3 is 0 Å². The molecule has 1 heterocycles. The second-order valence-electron chi connectivity index (χ2n) is 3.44. The molecule has 0 aliphatic rings. The Morgan fingerprint density at radius 2 is 1.67 bits per heavy atom. The minimum absolute atomic E-state index is 1.000. The maximum atomic E-state index is 4.58. The molecule has 1 nitrogen and oxygen atoms in total. The Hall–Kier alpha value is 0.0700. The average Bonchev–Trinajstić information content (AvgIpc) is 2.17. The number of rotatable bonds is 0. The first-order valence-electron chi connectivity index (χ1n) is 4.42. The van der Waals surface area contributed by atoms with Crippen LogP contribution in [-0.4, -0.2) is 4.98 Å². The van der Waals surface area contributed by atoms with Gasteiger partial charge < -0.3 is 0 Å². The Labute approximate surface area is 114 Å². The summed E-state index contributed by atoms with van der Waals surface area (Å²) in [5.74, 6) is 0. The van der Waals surface area contributed by atoms with E-state index in [4.69, 9.17) is 0 Å². The predicted octanol–water partition coefficient (Wildman–Crippen LogP) is 5.14. The number of pyridine rings is 1. The number of hydrogen-bond acceptors (Lipinski definition) is 1. The number of nitrogens with zero attached hydrogens (tertiary/aromatic N) is 1. The summed E-state index contributed by atoms with van der Waals surface area (Å²) in [5, 5.41) is 1.12. The van der Waals surface area contributed by atoms with Gasteiger partial charge in [-0.3, -0.25) is 4.98 Å². The first-order valence-corrected chi connectivity index (χ1v) is 6.80. The van der Waals surface area contributed by atoms with Crippen molar-refractivity contribution >= 4 is 58.7 Å². The van der Waals surface area contributed by atoms with Gasteiger partial charge in [-0.2, -0.15) is 0 Å². The maximum absolute atomic E-state index is 4.58. The molecule has 1 aromatic heterocycles. The Morgan fingerprint density at radius 1 is 1.00 bits per heavy atom. The number of halogens is 3. The SMILES string of the molecule is Cc1nc2c(C)cc(Br)cc2c(Br)c1Br. The molecule has 0 atom stereocenters. The summed E-state index contributed by atoms with van der Waals surface area (Å²) in [7, 11) is 0. The molecule has 4 heteroatoms. The molecule has 0 saturated heterocycles. The normalized spacial score (nSPS) is 11.0. The van der Waals surface area contributed by atoms with Crippen LogP contribution in [0.5, 0.6) is 0 Å². The van der Waals surface area contributed by atoms with E-state index in [-0.39, 0.29) is 0 Å². The molecule has 0 saturated carbocycles. The van der Waals surface area contributed by atoms with Crippen molar-refractivity contribution in [3.8, 4) is 0 Å². The molecule has 0 unspecified atom stereocenters. The van der Waals surface area contributed by atoms with Crippen LogP contribution in [0.15, 0.2) is 25.6 Å². The van der Waals surface area contributed by atoms with E-state index >= 15 is 0 Å². The second kappa shape index (κ2) is 4.15. The number of benzene rings is 1. The van der Waals surface area contributed by atoms with E-state index < -0.39 is 0 Å². The number of fused-ring (bicyclic) bond motifs is 1. The summed E-state index contributed by atoms with van der Waals surface area (Å²) in [5.41, 5.74) is 3.22. The lowest BCUT2D eigenvalue weighted by atomic mass is 10.1. The highest BCUT2D eigenvalue weighted by Crippen LogP contribution is 2.35. The molecule has 0 aliphatic heterocycles. The van der Waals surface area contributed by atoms with E-state index in [1.165, 1.54) is 5.56 Å². The molecule has 2 aromatic rings. The third-order valence-corrected chi connectivity index (χ3v) is 5.08. The third kappa shape index (κ3) is 1.99. The zero-order valence-corrected chi connectivity index (χ0v) is 13.0. The van der Waals surface area contributed by atoms with Crippen molar-refractivity contribution in [3.05, 3.63) is 36.8 Å². The van der Waals surface area contributed by atoms with E-state index in [1.54, 1.807) is 0 Å². The van der Waals surface area contributed by atoms with Crippen molar-refractivity contribution in [3.63, 3.8) is 0 Å². The molecule has 2 rings (SSSR count). The van der Waals surface area contributed by atoms with Crippen LogP contribution in [-0.2, 0) is 0 Å². The summed E-state index contributed by atoms with van der Waals surface area (Å²) in [6.07, 6.45) is 0. The highest BCUT2D eigenvalue weighted by Gasteiger charge is 2.10. The van der Waals surface area contributed by atoms with E-state index in [1.807, 2.05) is 6.92 Å². The van der Waals surface area contributed by atoms with Gasteiger partial charge in [-0.15, -0.1) is 0 Å². The van der Waals surface area contributed by atoms with Gasteiger partial charge in [-0.25, -0.2) is 0 Å². The minimum atomic E-state index is 1.000. The molecular weight excluding hydrogens is 386 g/mol. The fraction of sp³-hybridized carbons (Fsp3) is 0.182. The van der Waals surface area contributed by atoms with Gasteiger partial charge in [0.05, 0.1) is 15.7 Å². The van der Waals surface area contributed by atoms with Crippen LogP contribution in [0.2, 0.25) is 0 Å². The molecule has 0 amide bonds. The van der Waals surface area contributed by atoms with Crippen molar-refractivity contribution in [2.75, 3.05) is 0 Å². The van der Waals surface area contributed by atoms with Crippen molar-refractivity contribution in [2.45, 2.75) is 13.8 Å². The van der Waals surface area contributed by atoms with E-state index in [0.717, 1.165) is 30.0 Å². The number of hydrogen-bond donors (Lipinski definition) is 0. The van der Waals surface area contributed by atoms with Crippen LogP contribution < -0.4 is 0 Å². The lowest BCUT2D eigenvalue weighted by Gasteiger charge is -2.08. The topological polar surface area (TPSA) is 12.9 Å². The summed E-state index contributed by atoms with van der Waals surface area (Å²) in [6.45, 7) is 4.07. The largest absolute Gasteiger partial charge is 0.252 e. The summed E-state index contributed by atoms with van der Waals surface area (Å²) in [4.78, 5) is 4.58. The van der Waals surface area contributed by atoms with Crippen LogP contribution in [0.1, 0.15) is 11.3 Å². The quantitative estimate of drug-likeness (QED) is 0.604. The molecule has 0 radical (unpaired) electrons. The van der Waals surface area contributed by atoms with Gasteiger partial charge in [0.2, 0.25) is 0 Å². The number of aryl methyl sites for hydroxylation is 2. The van der Waals surface area contributed by atoms with Crippen LogP contribution in [0, 0.1) is 13.8 Å². The van der Waals surface area contributed by atoms with Crippen LogP contribution in [0.25, 0.3) is 10.9 Å². The smallest absolute Gasteiger partial charge is 0.0747 e. The van der Waals surface area contributed by atoms with Gasteiger partial charge in [0.15, 0.2) is 0 Å². The molecule has 0 fully saturated rings. The number of aromatic nitrogens is 1. The molecule has 0 aliphatic carbocycles. The minimum Gasteiger partial charge on any atom is -0.252 e. The van der Waals surface area contributed by atoms with Crippen LogP contribution in [0.4, 0.5) is 0 Å². The van der Waals surface area contributed by atoms with Crippen molar-refractivity contribution in [2.24, 2.45) is 0 Å². The van der Waals surface area contributed by atoms with E-state index in [2.05, 4.69) is 71.8 Å². The first kappa shape index (κ1) is 11.6. The molecular formula is C11H8Br3N. The summed E-state index contributed by atoms with van der Waals surface area (Å²) in [6, 6.07) is 4.15. The van der Waals surface area contributed by atoms with Gasteiger partial charge in [-0.05, 0) is 63.4 Å². The molecule has 0 bridgehead atoms. The summed E-state index contributed by atoms with van der Waals surface area (Å²) < 4.78 is 3.16. The second-order valence-corrected chi connectivity index (χ2v) is 5.95. The summed E-state index contributed by atoms with van der Waals surface area (Å²) >= 11 is 10.6. The molecule has 15 heavy (non-hydrogen) atoms. The predicted molar refractivity (Wildman–Crippen MR) is 74.3 cm³/mol. The lowest BCUT2D eigenvalue weighted by Crippen LogP contribution is -1.90. The molecule has 1 aromatic carbocycles. The molecule has 78 valence electrons. The lowest BCUT2D eigenvalue weighted by molar-refractivity contribution is 1.21. The van der Waals surface area contributed by atoms with Crippen LogP contribution >= 0.6 is 47.8 Å². The first-order chi connectivity index (χ1) is 7.00. The van der Waals surface area contributed by atoms with Gasteiger partial charge in [-0.1, -0.05) is 15.9 Å². The molecule has 0 N–H and O–H groups in total. The van der Waals surface area contributed by atoms with Crippen molar-refractivity contribution < 1.29 is 0 Å². The zero-order chi connectivity index (χ0) is 11.2. The Kier molecular flexibility index (Phi) is 3.20. The van der Waals surface area contributed by atoms with E-state index in [0.29, 0.717) is 0 Å². The van der Waals surface area contributed by atoms with Gasteiger partial charge in [0.1, 0.15) is 0 Å². The van der Waals surface area contributed by atoms with Crippen molar-refractivity contribution in [1.82, 2.24) is 4.98 Å². The highest BCUT2D eigenvalue weighted by molar-refractivity contribution is 9.13. The Morgan fingerprint density at radius 3 is 2.33 bits per heavy atom.